The maximum Gasteiger partial charge on any atom is 0.0848 e. The van der Waals surface area contributed by atoms with Crippen molar-refractivity contribution < 1.29 is 0 Å². The normalized spacial score (nSPS) is 11.0. The number of benzene rings is 1. The predicted molar refractivity (Wildman–Crippen MR) is 80.4 cm³/mol. The zero-order valence-electron chi connectivity index (χ0n) is 11.3. The molecule has 0 spiro atoms. The number of aryl methyl sites for hydroxylation is 1. The number of nitrogens with one attached hydrogen (secondary N) is 1. The average Bonchev–Trinajstić information content (AvgIpc) is 2.65. The fourth-order valence-corrected chi connectivity index (χ4v) is 2.38. The first-order valence-electron chi connectivity index (χ1n) is 6.26. The molecule has 0 unspecified atom stereocenters. The Balaban J connectivity index is 2.55. The van der Waals surface area contributed by atoms with Crippen molar-refractivity contribution in [3.8, 4) is 5.69 Å². The quantitative estimate of drug-likeness (QED) is 0.927. The third-order valence-corrected chi connectivity index (χ3v) is 3.98. The number of aromatic nitrogens is 2. The van der Waals surface area contributed by atoms with E-state index in [2.05, 4.69) is 17.3 Å². The highest BCUT2D eigenvalue weighted by atomic mass is 35.5. The summed E-state index contributed by atoms with van der Waals surface area (Å²) in [4.78, 5) is 0. The van der Waals surface area contributed by atoms with Crippen molar-refractivity contribution in [3.05, 3.63) is 45.2 Å². The molecular formula is C14H17Cl2N3. The van der Waals surface area contributed by atoms with Gasteiger partial charge in [-0.3, -0.25) is 0 Å². The van der Waals surface area contributed by atoms with E-state index < -0.39 is 0 Å². The molecule has 19 heavy (non-hydrogen) atoms. The predicted octanol–water partition coefficient (Wildman–Crippen LogP) is 3.91. The summed E-state index contributed by atoms with van der Waals surface area (Å²) in [6.07, 6.45) is 0. The molecule has 0 bridgehead atoms. The van der Waals surface area contributed by atoms with Gasteiger partial charge < -0.3 is 5.32 Å². The van der Waals surface area contributed by atoms with E-state index in [1.54, 1.807) is 0 Å². The largest absolute Gasteiger partial charge is 0.313 e. The minimum absolute atomic E-state index is 0.703. The summed E-state index contributed by atoms with van der Waals surface area (Å²) in [5.41, 5.74) is 3.77. The van der Waals surface area contributed by atoms with E-state index >= 15 is 0 Å². The number of nitrogens with zero attached hydrogens (tertiary/aromatic N) is 2. The molecule has 1 aromatic carbocycles. The molecule has 1 aromatic heterocycles. The molecule has 5 heteroatoms. The molecule has 0 atom stereocenters. The van der Waals surface area contributed by atoms with Crippen molar-refractivity contribution in [2.24, 2.45) is 0 Å². The van der Waals surface area contributed by atoms with Crippen LogP contribution in [0.2, 0.25) is 10.0 Å². The molecule has 0 radical (unpaired) electrons. The van der Waals surface area contributed by atoms with Crippen molar-refractivity contribution in [2.75, 3.05) is 6.54 Å². The Hall–Kier alpha value is -1.03. The van der Waals surface area contributed by atoms with Gasteiger partial charge in [0.15, 0.2) is 0 Å². The average molecular weight is 298 g/mol. The van der Waals surface area contributed by atoms with E-state index in [4.69, 9.17) is 23.2 Å². The van der Waals surface area contributed by atoms with Crippen molar-refractivity contribution in [2.45, 2.75) is 27.3 Å². The molecule has 0 aliphatic rings. The molecule has 1 heterocycles. The van der Waals surface area contributed by atoms with Crippen molar-refractivity contribution in [1.29, 1.82) is 0 Å². The fraction of sp³-hybridized carbons (Fsp3) is 0.357. The lowest BCUT2D eigenvalue weighted by molar-refractivity contribution is 0.714. The Morgan fingerprint density at radius 3 is 2.58 bits per heavy atom. The number of rotatable bonds is 4. The van der Waals surface area contributed by atoms with Crippen LogP contribution in [-0.4, -0.2) is 16.3 Å². The summed E-state index contributed by atoms with van der Waals surface area (Å²) in [5.74, 6) is 0. The highest BCUT2D eigenvalue weighted by Crippen LogP contribution is 2.27. The third-order valence-electron chi connectivity index (χ3n) is 3.08. The van der Waals surface area contributed by atoms with E-state index in [-0.39, 0.29) is 0 Å². The van der Waals surface area contributed by atoms with E-state index in [0.29, 0.717) is 11.6 Å². The van der Waals surface area contributed by atoms with Gasteiger partial charge in [-0.1, -0.05) is 36.2 Å². The van der Waals surface area contributed by atoms with Crippen LogP contribution < -0.4 is 5.32 Å². The van der Waals surface area contributed by atoms with E-state index in [0.717, 1.165) is 34.2 Å². The van der Waals surface area contributed by atoms with Crippen LogP contribution in [0.15, 0.2) is 18.2 Å². The van der Waals surface area contributed by atoms with Crippen LogP contribution in [0.5, 0.6) is 0 Å². The summed E-state index contributed by atoms with van der Waals surface area (Å²) < 4.78 is 1.86. The first kappa shape index (κ1) is 14.4. The van der Waals surface area contributed by atoms with Gasteiger partial charge in [-0.05, 0) is 32.5 Å². The van der Waals surface area contributed by atoms with Gasteiger partial charge in [-0.2, -0.15) is 5.10 Å². The highest BCUT2D eigenvalue weighted by molar-refractivity contribution is 6.32. The number of halogens is 2. The number of hydrogen-bond acceptors (Lipinski definition) is 2. The van der Waals surface area contributed by atoms with Crippen LogP contribution >= 0.6 is 23.2 Å². The second-order valence-corrected chi connectivity index (χ2v) is 5.20. The second-order valence-electron chi connectivity index (χ2n) is 4.41. The molecule has 0 amide bonds. The van der Waals surface area contributed by atoms with Crippen molar-refractivity contribution in [3.63, 3.8) is 0 Å². The van der Waals surface area contributed by atoms with Gasteiger partial charge in [0, 0.05) is 17.1 Å². The van der Waals surface area contributed by atoms with Gasteiger partial charge in [-0.25, -0.2) is 4.68 Å². The molecule has 0 aliphatic carbocycles. The molecule has 0 aliphatic heterocycles. The lowest BCUT2D eigenvalue weighted by Crippen LogP contribution is -2.15. The molecule has 0 saturated carbocycles. The highest BCUT2D eigenvalue weighted by Gasteiger charge is 2.15. The summed E-state index contributed by atoms with van der Waals surface area (Å²) in [6, 6.07) is 5.83. The first-order valence-corrected chi connectivity index (χ1v) is 7.02. The Labute approximate surface area is 123 Å². The Kier molecular flexibility index (Phi) is 4.50. The van der Waals surface area contributed by atoms with Gasteiger partial charge in [-0.15, -0.1) is 0 Å². The smallest absolute Gasteiger partial charge is 0.0848 e. The fourth-order valence-electron chi connectivity index (χ4n) is 2.03. The molecule has 0 saturated heterocycles. The Bertz CT molecular complexity index is 591. The van der Waals surface area contributed by atoms with Gasteiger partial charge in [0.1, 0.15) is 0 Å². The molecule has 3 nitrogen and oxygen atoms in total. The first-order chi connectivity index (χ1) is 9.06. The van der Waals surface area contributed by atoms with Gasteiger partial charge in [0.25, 0.3) is 0 Å². The molecule has 0 fully saturated rings. The maximum absolute atomic E-state index is 6.30. The van der Waals surface area contributed by atoms with E-state index in [1.165, 1.54) is 0 Å². The monoisotopic (exact) mass is 297 g/mol. The molecule has 102 valence electrons. The summed E-state index contributed by atoms with van der Waals surface area (Å²) in [6.45, 7) is 7.53. The summed E-state index contributed by atoms with van der Waals surface area (Å²) in [5, 5.41) is 9.23. The standard InChI is InChI=1S/C14H17Cl2N3/c1-4-17-8-11-12(15)6-5-7-13(11)19-10(3)14(16)9(2)18-19/h5-7,17H,4,8H2,1-3H3. The zero-order valence-corrected chi connectivity index (χ0v) is 12.8. The van der Waals surface area contributed by atoms with Crippen LogP contribution in [0.4, 0.5) is 0 Å². The van der Waals surface area contributed by atoms with Crippen molar-refractivity contribution in [1.82, 2.24) is 15.1 Å². The maximum atomic E-state index is 6.30. The van der Waals surface area contributed by atoms with Crippen LogP contribution in [0, 0.1) is 13.8 Å². The van der Waals surface area contributed by atoms with E-state index in [9.17, 15) is 0 Å². The van der Waals surface area contributed by atoms with Crippen LogP contribution in [0.3, 0.4) is 0 Å². The lowest BCUT2D eigenvalue weighted by atomic mass is 10.1. The summed E-state index contributed by atoms with van der Waals surface area (Å²) in [7, 11) is 0. The Morgan fingerprint density at radius 1 is 1.26 bits per heavy atom. The molecule has 2 rings (SSSR count). The summed E-state index contributed by atoms with van der Waals surface area (Å²) >= 11 is 12.5. The van der Waals surface area contributed by atoms with Gasteiger partial charge in [0.05, 0.1) is 22.1 Å². The molecule has 2 aromatic rings. The second kappa shape index (κ2) is 5.95. The molecule has 1 N–H and O–H groups in total. The van der Waals surface area contributed by atoms with Crippen LogP contribution in [-0.2, 0) is 6.54 Å². The van der Waals surface area contributed by atoms with Crippen molar-refractivity contribution >= 4 is 23.2 Å². The minimum Gasteiger partial charge on any atom is -0.313 e. The number of hydrogen-bond donors (Lipinski definition) is 1. The van der Waals surface area contributed by atoms with Gasteiger partial charge >= 0.3 is 0 Å². The topological polar surface area (TPSA) is 29.9 Å². The third kappa shape index (κ3) is 2.78. The SMILES string of the molecule is CCNCc1c(Cl)cccc1-n1nc(C)c(Cl)c1C. The van der Waals surface area contributed by atoms with Crippen LogP contribution in [0.25, 0.3) is 5.69 Å². The molecular weight excluding hydrogens is 281 g/mol. The van der Waals surface area contributed by atoms with Crippen LogP contribution in [0.1, 0.15) is 23.9 Å². The zero-order chi connectivity index (χ0) is 14.0. The lowest BCUT2D eigenvalue weighted by Gasteiger charge is -2.13. The van der Waals surface area contributed by atoms with Gasteiger partial charge in [0.2, 0.25) is 0 Å². The minimum atomic E-state index is 0.703. The van der Waals surface area contributed by atoms with E-state index in [1.807, 2.05) is 36.7 Å². The Morgan fingerprint density at radius 2 is 2.00 bits per heavy atom.